The molecule has 21 heavy (non-hydrogen) atoms. The van der Waals surface area contributed by atoms with Crippen LogP contribution in [0.2, 0.25) is 0 Å². The highest BCUT2D eigenvalue weighted by Gasteiger charge is 2.38. The minimum absolute atomic E-state index is 0.0252. The first kappa shape index (κ1) is 13.8. The molecule has 0 fully saturated rings. The van der Waals surface area contributed by atoms with Gasteiger partial charge in [0.15, 0.2) is 5.78 Å². The SMILES string of the molecule is CC1(C)CC(=O)c2cc(NCc3ccccc3)cc(F)c21. The van der Waals surface area contributed by atoms with Gasteiger partial charge in [0.05, 0.1) is 0 Å². The average molecular weight is 283 g/mol. The second kappa shape index (κ2) is 4.99. The lowest BCUT2D eigenvalue weighted by Gasteiger charge is -2.19. The number of nitrogens with one attached hydrogen (secondary N) is 1. The van der Waals surface area contributed by atoms with Crippen molar-refractivity contribution in [2.45, 2.75) is 32.2 Å². The van der Waals surface area contributed by atoms with Gasteiger partial charge in [0, 0.05) is 35.2 Å². The fourth-order valence-corrected chi connectivity index (χ4v) is 3.00. The highest BCUT2D eigenvalue weighted by Crippen LogP contribution is 2.41. The smallest absolute Gasteiger partial charge is 0.164 e. The molecule has 1 aliphatic rings. The van der Waals surface area contributed by atoms with Gasteiger partial charge in [0.1, 0.15) is 5.82 Å². The number of benzene rings is 2. The number of carbonyl (C=O) groups is 1. The van der Waals surface area contributed by atoms with Crippen molar-refractivity contribution < 1.29 is 9.18 Å². The Morgan fingerprint density at radius 2 is 1.90 bits per heavy atom. The maximum Gasteiger partial charge on any atom is 0.164 e. The largest absolute Gasteiger partial charge is 0.381 e. The zero-order valence-corrected chi connectivity index (χ0v) is 12.2. The van der Waals surface area contributed by atoms with Crippen LogP contribution in [0.4, 0.5) is 10.1 Å². The summed E-state index contributed by atoms with van der Waals surface area (Å²) in [5, 5.41) is 3.19. The van der Waals surface area contributed by atoms with E-state index < -0.39 is 5.41 Å². The molecule has 0 atom stereocenters. The van der Waals surface area contributed by atoms with Crippen LogP contribution in [0.3, 0.4) is 0 Å². The van der Waals surface area contributed by atoms with Gasteiger partial charge in [0.2, 0.25) is 0 Å². The Kier molecular flexibility index (Phi) is 3.28. The van der Waals surface area contributed by atoms with Gasteiger partial charge >= 0.3 is 0 Å². The molecule has 0 saturated heterocycles. The lowest BCUT2D eigenvalue weighted by molar-refractivity contribution is 0.0979. The summed E-state index contributed by atoms with van der Waals surface area (Å²) < 4.78 is 14.4. The molecule has 0 aliphatic heterocycles. The maximum absolute atomic E-state index is 14.4. The molecule has 2 aromatic rings. The van der Waals surface area contributed by atoms with Crippen LogP contribution in [0, 0.1) is 5.82 Å². The van der Waals surface area contributed by atoms with E-state index in [1.54, 1.807) is 6.07 Å². The van der Waals surface area contributed by atoms with Crippen LogP contribution in [0.15, 0.2) is 42.5 Å². The highest BCUT2D eigenvalue weighted by atomic mass is 19.1. The summed E-state index contributed by atoms with van der Waals surface area (Å²) in [6, 6.07) is 13.2. The van der Waals surface area contributed by atoms with Crippen LogP contribution in [-0.2, 0) is 12.0 Å². The van der Waals surface area contributed by atoms with Crippen molar-refractivity contribution in [2.75, 3.05) is 5.32 Å². The van der Waals surface area contributed by atoms with E-state index in [1.165, 1.54) is 6.07 Å². The fourth-order valence-electron chi connectivity index (χ4n) is 3.00. The van der Waals surface area contributed by atoms with E-state index in [0.717, 1.165) is 5.56 Å². The van der Waals surface area contributed by atoms with E-state index in [4.69, 9.17) is 0 Å². The molecule has 0 spiro atoms. The lowest BCUT2D eigenvalue weighted by atomic mass is 9.86. The van der Waals surface area contributed by atoms with Crippen molar-refractivity contribution in [3.05, 3.63) is 65.0 Å². The molecule has 3 heteroatoms. The third kappa shape index (κ3) is 2.56. The van der Waals surface area contributed by atoms with Gasteiger partial charge < -0.3 is 5.32 Å². The van der Waals surface area contributed by atoms with Crippen molar-refractivity contribution in [2.24, 2.45) is 0 Å². The molecule has 0 unspecified atom stereocenters. The summed E-state index contributed by atoms with van der Waals surface area (Å²) in [6.45, 7) is 4.43. The lowest BCUT2D eigenvalue weighted by Crippen LogP contribution is -2.14. The summed E-state index contributed by atoms with van der Waals surface area (Å²) in [5.74, 6) is -0.267. The van der Waals surface area contributed by atoms with Crippen LogP contribution in [-0.4, -0.2) is 5.78 Å². The summed E-state index contributed by atoms with van der Waals surface area (Å²) in [7, 11) is 0. The standard InChI is InChI=1S/C18H18FNO/c1-18(2)10-16(21)14-8-13(9-15(19)17(14)18)20-11-12-6-4-3-5-7-12/h3-9,20H,10-11H2,1-2H3. The number of rotatable bonds is 3. The Morgan fingerprint density at radius 1 is 1.19 bits per heavy atom. The molecule has 0 radical (unpaired) electrons. The number of ketones is 1. The second-order valence-electron chi connectivity index (χ2n) is 6.20. The molecule has 3 rings (SSSR count). The topological polar surface area (TPSA) is 29.1 Å². The predicted octanol–water partition coefficient (Wildman–Crippen LogP) is 4.30. The quantitative estimate of drug-likeness (QED) is 0.909. The van der Waals surface area contributed by atoms with Gasteiger partial charge in [-0.1, -0.05) is 44.2 Å². The van der Waals surface area contributed by atoms with E-state index in [9.17, 15) is 9.18 Å². The number of fused-ring (bicyclic) bond motifs is 1. The monoisotopic (exact) mass is 283 g/mol. The Bertz CT molecular complexity index is 692. The Labute approximate surface area is 124 Å². The van der Waals surface area contributed by atoms with E-state index in [2.05, 4.69) is 5.32 Å². The van der Waals surface area contributed by atoms with Gasteiger partial charge in [-0.2, -0.15) is 0 Å². The molecule has 0 bridgehead atoms. The number of anilines is 1. The summed E-state index contributed by atoms with van der Waals surface area (Å²) >= 11 is 0. The Hall–Kier alpha value is -2.16. The normalized spacial score (nSPS) is 15.9. The predicted molar refractivity (Wildman–Crippen MR) is 82.1 cm³/mol. The van der Waals surface area contributed by atoms with E-state index in [0.29, 0.717) is 29.8 Å². The number of hydrogen-bond acceptors (Lipinski definition) is 2. The summed E-state index contributed by atoms with van der Waals surface area (Å²) in [4.78, 5) is 12.1. The Balaban J connectivity index is 1.88. The molecule has 0 amide bonds. The zero-order chi connectivity index (χ0) is 15.0. The van der Waals surface area contributed by atoms with E-state index >= 15 is 0 Å². The first-order valence-electron chi connectivity index (χ1n) is 7.12. The molecule has 0 aromatic heterocycles. The first-order chi connectivity index (χ1) is 9.97. The molecule has 0 heterocycles. The maximum atomic E-state index is 14.4. The third-order valence-corrected chi connectivity index (χ3v) is 4.01. The molecule has 2 nitrogen and oxygen atoms in total. The van der Waals surface area contributed by atoms with Crippen molar-refractivity contribution in [3.63, 3.8) is 0 Å². The average Bonchev–Trinajstić information content (AvgIpc) is 2.68. The second-order valence-corrected chi connectivity index (χ2v) is 6.20. The highest BCUT2D eigenvalue weighted by molar-refractivity contribution is 6.03. The van der Waals surface area contributed by atoms with Crippen molar-refractivity contribution in [1.29, 1.82) is 0 Å². The van der Waals surface area contributed by atoms with Crippen molar-refractivity contribution >= 4 is 11.5 Å². The molecule has 2 aromatic carbocycles. The fraction of sp³-hybridized carbons (Fsp3) is 0.278. The van der Waals surface area contributed by atoms with Crippen LogP contribution in [0.25, 0.3) is 0 Å². The van der Waals surface area contributed by atoms with Gasteiger partial charge in [-0.15, -0.1) is 0 Å². The minimum Gasteiger partial charge on any atom is -0.381 e. The van der Waals surface area contributed by atoms with E-state index in [1.807, 2.05) is 44.2 Å². The van der Waals surface area contributed by atoms with Crippen LogP contribution in [0.5, 0.6) is 0 Å². The number of Topliss-reactive ketones (excluding diaryl/α,β-unsaturated/α-hetero) is 1. The molecule has 0 saturated carbocycles. The number of carbonyl (C=O) groups excluding carboxylic acids is 1. The van der Waals surface area contributed by atoms with Gasteiger partial charge in [-0.25, -0.2) is 4.39 Å². The number of hydrogen-bond donors (Lipinski definition) is 1. The van der Waals surface area contributed by atoms with E-state index in [-0.39, 0.29) is 11.6 Å². The van der Waals surface area contributed by atoms with Crippen LogP contribution < -0.4 is 5.32 Å². The molecule has 1 N–H and O–H groups in total. The van der Waals surface area contributed by atoms with Gasteiger partial charge in [0.25, 0.3) is 0 Å². The van der Waals surface area contributed by atoms with Gasteiger partial charge in [-0.3, -0.25) is 4.79 Å². The summed E-state index contributed by atoms with van der Waals surface area (Å²) in [5.41, 5.74) is 2.44. The molecular weight excluding hydrogens is 265 g/mol. The zero-order valence-electron chi connectivity index (χ0n) is 12.2. The molecular formula is C18H18FNO. The van der Waals surface area contributed by atoms with Crippen LogP contribution in [0.1, 0.15) is 41.8 Å². The third-order valence-electron chi connectivity index (χ3n) is 4.01. The number of halogens is 1. The van der Waals surface area contributed by atoms with Crippen molar-refractivity contribution in [1.82, 2.24) is 0 Å². The van der Waals surface area contributed by atoms with Crippen molar-refractivity contribution in [3.8, 4) is 0 Å². The van der Waals surface area contributed by atoms with Gasteiger partial charge in [-0.05, 0) is 17.7 Å². The molecule has 108 valence electrons. The minimum atomic E-state index is -0.408. The Morgan fingerprint density at radius 3 is 2.62 bits per heavy atom. The summed E-state index contributed by atoms with van der Waals surface area (Å²) in [6.07, 6.45) is 0.376. The van der Waals surface area contributed by atoms with Crippen LogP contribution >= 0.6 is 0 Å². The first-order valence-corrected chi connectivity index (χ1v) is 7.12. The molecule has 1 aliphatic carbocycles.